The van der Waals surface area contributed by atoms with Crippen LogP contribution in [0.4, 0.5) is 11.4 Å². The number of carbonyl (C=O) groups excluding carboxylic acids is 2. The van der Waals surface area contributed by atoms with E-state index in [-0.39, 0.29) is 35.2 Å². The zero-order valence-electron chi connectivity index (χ0n) is 22.8. The van der Waals surface area contributed by atoms with Gasteiger partial charge in [-0.05, 0) is 86.9 Å². The summed E-state index contributed by atoms with van der Waals surface area (Å²) in [6.45, 7) is 8.36. The Balaban J connectivity index is 1.34. The molecule has 0 unspecified atom stereocenters. The number of carbonyl (C=O) groups is 2. The fourth-order valence-corrected chi connectivity index (χ4v) is 6.61. The maximum Gasteiger partial charge on any atom is 0.271 e. The average molecular weight is 531 g/mol. The normalized spacial score (nSPS) is 24.8. The zero-order valence-corrected chi connectivity index (χ0v) is 22.8. The van der Waals surface area contributed by atoms with Crippen LogP contribution in [0.25, 0.3) is 6.08 Å². The van der Waals surface area contributed by atoms with Gasteiger partial charge in [0.1, 0.15) is 5.75 Å². The lowest BCUT2D eigenvalue weighted by Crippen LogP contribution is -2.34. The molecule has 1 N–H and O–H groups in total. The van der Waals surface area contributed by atoms with Gasteiger partial charge in [-0.25, -0.2) is 4.90 Å². The molecule has 0 radical (unpaired) electrons. The van der Waals surface area contributed by atoms with Crippen molar-refractivity contribution < 1.29 is 24.4 Å². The van der Waals surface area contributed by atoms with Crippen LogP contribution in [-0.4, -0.2) is 34.6 Å². The molecule has 2 saturated heterocycles. The fraction of sp³-hybridized carbons (Fsp3) is 0.419. The average Bonchev–Trinajstić information content (AvgIpc) is 3.43. The van der Waals surface area contributed by atoms with E-state index < -0.39 is 16.8 Å². The van der Waals surface area contributed by atoms with Gasteiger partial charge < -0.3 is 9.84 Å². The van der Waals surface area contributed by atoms with Crippen molar-refractivity contribution in [3.05, 3.63) is 79.9 Å². The number of nitrogens with zero attached hydrogens (tertiary/aromatic N) is 2. The zero-order chi connectivity index (χ0) is 28.0. The van der Waals surface area contributed by atoms with Gasteiger partial charge in [0.25, 0.3) is 5.69 Å². The Morgan fingerprint density at radius 1 is 1.13 bits per heavy atom. The molecule has 0 aromatic heterocycles. The second-order valence-corrected chi connectivity index (χ2v) is 11.0. The van der Waals surface area contributed by atoms with Gasteiger partial charge in [-0.1, -0.05) is 30.2 Å². The van der Waals surface area contributed by atoms with Crippen molar-refractivity contribution in [2.75, 3.05) is 11.5 Å². The van der Waals surface area contributed by atoms with Crippen LogP contribution in [-0.2, 0) is 14.3 Å². The minimum Gasteiger partial charge on any atom is -0.507 e. The first kappa shape index (κ1) is 26.8. The third-order valence-corrected chi connectivity index (χ3v) is 8.52. The van der Waals surface area contributed by atoms with E-state index in [2.05, 4.69) is 13.0 Å². The highest BCUT2D eigenvalue weighted by Crippen LogP contribution is 2.50. The van der Waals surface area contributed by atoms with Gasteiger partial charge in [-0.3, -0.25) is 19.7 Å². The van der Waals surface area contributed by atoms with Gasteiger partial charge in [0.2, 0.25) is 11.8 Å². The molecule has 8 heteroatoms. The SMILES string of the molecule is CC/C(=C\c1cc(C)c(O)c(C)c1)CC[C@H]1OC[C@H]2C1=C(C)C[C@H]1C(=O)N(c3cccc([N+](=O)[O-])c3)C(=O)[C@H]12. The molecule has 2 aliphatic heterocycles. The lowest BCUT2D eigenvalue weighted by atomic mass is 9.70. The molecule has 204 valence electrons. The Bertz CT molecular complexity index is 1400. The predicted octanol–water partition coefficient (Wildman–Crippen LogP) is 6.03. The van der Waals surface area contributed by atoms with Gasteiger partial charge in [0.05, 0.1) is 35.2 Å². The summed E-state index contributed by atoms with van der Waals surface area (Å²) in [5.41, 5.74) is 6.40. The maximum absolute atomic E-state index is 13.6. The largest absolute Gasteiger partial charge is 0.507 e. The first-order valence-corrected chi connectivity index (χ1v) is 13.5. The van der Waals surface area contributed by atoms with E-state index in [4.69, 9.17) is 4.74 Å². The van der Waals surface area contributed by atoms with E-state index in [0.717, 1.165) is 52.0 Å². The Kier molecular flexibility index (Phi) is 7.16. The number of fused-ring (bicyclic) bond motifs is 3. The highest BCUT2D eigenvalue weighted by Gasteiger charge is 2.56. The number of aromatic hydroxyl groups is 1. The van der Waals surface area contributed by atoms with Crippen LogP contribution in [0.5, 0.6) is 5.75 Å². The Labute approximate surface area is 228 Å². The minimum absolute atomic E-state index is 0.107. The molecule has 5 rings (SSSR count). The van der Waals surface area contributed by atoms with Gasteiger partial charge in [0.15, 0.2) is 0 Å². The number of allylic oxidation sites excluding steroid dienone is 2. The Hall–Kier alpha value is -3.78. The van der Waals surface area contributed by atoms with Crippen molar-refractivity contribution in [2.24, 2.45) is 17.8 Å². The highest BCUT2D eigenvalue weighted by molar-refractivity contribution is 6.22. The van der Waals surface area contributed by atoms with E-state index in [1.165, 1.54) is 23.8 Å². The minimum atomic E-state index is -0.524. The number of nitro benzene ring substituents is 1. The smallest absolute Gasteiger partial charge is 0.271 e. The molecule has 39 heavy (non-hydrogen) atoms. The van der Waals surface area contributed by atoms with Crippen LogP contribution in [0, 0.1) is 41.7 Å². The second-order valence-electron chi connectivity index (χ2n) is 11.0. The number of hydrogen-bond donors (Lipinski definition) is 1. The van der Waals surface area contributed by atoms with Crippen LogP contribution in [0.15, 0.2) is 53.1 Å². The number of ether oxygens (including phenoxy) is 1. The summed E-state index contributed by atoms with van der Waals surface area (Å²) in [4.78, 5) is 38.9. The van der Waals surface area contributed by atoms with E-state index in [9.17, 15) is 24.8 Å². The molecule has 2 aromatic rings. The molecule has 2 heterocycles. The Morgan fingerprint density at radius 3 is 2.51 bits per heavy atom. The number of amides is 2. The molecular weight excluding hydrogens is 496 g/mol. The molecule has 8 nitrogen and oxygen atoms in total. The van der Waals surface area contributed by atoms with E-state index in [1.807, 2.05) is 32.9 Å². The summed E-state index contributed by atoms with van der Waals surface area (Å²) in [7, 11) is 0. The van der Waals surface area contributed by atoms with E-state index in [0.29, 0.717) is 18.8 Å². The topological polar surface area (TPSA) is 110 Å². The van der Waals surface area contributed by atoms with Gasteiger partial charge >= 0.3 is 0 Å². The van der Waals surface area contributed by atoms with Crippen LogP contribution in [0.2, 0.25) is 0 Å². The van der Waals surface area contributed by atoms with E-state index >= 15 is 0 Å². The molecule has 2 aromatic carbocycles. The van der Waals surface area contributed by atoms with E-state index in [1.54, 1.807) is 6.07 Å². The number of aryl methyl sites for hydroxylation is 2. The molecule has 2 amide bonds. The summed E-state index contributed by atoms with van der Waals surface area (Å²) in [5, 5.41) is 21.4. The number of rotatable bonds is 7. The maximum atomic E-state index is 13.6. The standard InChI is InChI=1S/C31H34N2O6/c1-5-20(14-21-11-18(3)29(34)19(4)12-21)9-10-26-27-17(2)13-24-28(25(27)16-39-26)31(36)32(30(24)35)22-7-6-8-23(15-22)33(37)38/h6-8,11-12,14-15,24-26,28,34H,5,9-10,13,16H2,1-4H3/b20-14+/t24-,25+,26-,28-/m1/s1. The number of phenols is 1. The fourth-order valence-electron chi connectivity index (χ4n) is 6.61. The number of hydrogen-bond acceptors (Lipinski definition) is 6. The predicted molar refractivity (Wildman–Crippen MR) is 148 cm³/mol. The molecular formula is C31H34N2O6. The quantitative estimate of drug-likeness (QED) is 0.203. The van der Waals surface area contributed by atoms with Gasteiger partial charge in [-0.2, -0.15) is 0 Å². The van der Waals surface area contributed by atoms with Crippen LogP contribution in [0.1, 0.15) is 56.2 Å². The van der Waals surface area contributed by atoms with Gasteiger partial charge in [0, 0.05) is 18.1 Å². The molecule has 3 aliphatic rings. The first-order valence-electron chi connectivity index (χ1n) is 13.5. The summed E-state index contributed by atoms with van der Waals surface area (Å²) in [6.07, 6.45) is 5.08. The monoisotopic (exact) mass is 530 g/mol. The third kappa shape index (κ3) is 4.78. The molecule has 0 bridgehead atoms. The number of phenolic OH excluding ortho intramolecular Hbond substituents is 1. The van der Waals surface area contributed by atoms with Crippen molar-refractivity contribution in [3.63, 3.8) is 0 Å². The lowest BCUT2D eigenvalue weighted by molar-refractivity contribution is -0.384. The lowest BCUT2D eigenvalue weighted by Gasteiger charge is -2.30. The molecule has 0 saturated carbocycles. The number of imide groups is 1. The number of non-ortho nitro benzene ring substituents is 1. The summed E-state index contributed by atoms with van der Waals surface area (Å²) in [5.74, 6) is -1.40. The highest BCUT2D eigenvalue weighted by atomic mass is 16.6. The van der Waals surface area contributed by atoms with Crippen molar-refractivity contribution in [1.29, 1.82) is 0 Å². The van der Waals surface area contributed by atoms with Crippen LogP contribution < -0.4 is 4.90 Å². The third-order valence-electron chi connectivity index (χ3n) is 8.52. The van der Waals surface area contributed by atoms with Crippen molar-refractivity contribution in [3.8, 4) is 5.75 Å². The molecule has 4 atom stereocenters. The first-order chi connectivity index (χ1) is 18.6. The number of nitro groups is 1. The van der Waals surface area contributed by atoms with Gasteiger partial charge in [-0.15, -0.1) is 0 Å². The summed E-state index contributed by atoms with van der Waals surface area (Å²) < 4.78 is 6.26. The second kappa shape index (κ2) is 10.4. The summed E-state index contributed by atoms with van der Waals surface area (Å²) >= 11 is 0. The van der Waals surface area contributed by atoms with Crippen molar-refractivity contribution in [1.82, 2.24) is 0 Å². The number of benzene rings is 2. The summed E-state index contributed by atoms with van der Waals surface area (Å²) in [6, 6.07) is 9.69. The van der Waals surface area contributed by atoms with Crippen LogP contribution in [0.3, 0.4) is 0 Å². The van der Waals surface area contributed by atoms with Crippen molar-refractivity contribution >= 4 is 29.3 Å². The van der Waals surface area contributed by atoms with Crippen LogP contribution >= 0.6 is 0 Å². The molecule has 2 fully saturated rings. The molecule has 0 spiro atoms. The molecule has 1 aliphatic carbocycles. The number of anilines is 1. The van der Waals surface area contributed by atoms with Crippen molar-refractivity contribution in [2.45, 2.75) is 59.5 Å². The Morgan fingerprint density at radius 2 is 1.85 bits per heavy atom.